The molecule has 2 aromatic carbocycles. The van der Waals surface area contributed by atoms with Crippen LogP contribution in [0.1, 0.15) is 20.9 Å². The quantitative estimate of drug-likeness (QED) is 0.526. The molecular weight excluding hydrogens is 378 g/mol. The molecule has 0 unspecified atom stereocenters. The van der Waals surface area contributed by atoms with Crippen molar-refractivity contribution in [3.05, 3.63) is 90.5 Å². The number of rotatable bonds is 3. The van der Waals surface area contributed by atoms with E-state index in [1.807, 2.05) is 42.6 Å². The minimum atomic E-state index is -0.131. The summed E-state index contributed by atoms with van der Waals surface area (Å²) in [7, 11) is 0. The lowest BCUT2D eigenvalue weighted by atomic mass is 10.1. The standard InChI is InChI=1S/C24H21N3O3/c28-23(25-12-14-26(15-13-25)24(29)22-9-4-16-30-22)19-6-3-7-20(17-19)27-11-10-18-5-1-2-8-21(18)27/h1-11,16-17H,12-15H2. The van der Waals surface area contributed by atoms with Gasteiger partial charge in [-0.05, 0) is 47.9 Å². The molecule has 1 saturated heterocycles. The van der Waals surface area contributed by atoms with E-state index >= 15 is 0 Å². The molecule has 1 fully saturated rings. The van der Waals surface area contributed by atoms with Gasteiger partial charge in [-0.3, -0.25) is 9.59 Å². The SMILES string of the molecule is O=C(c1cccc(-n2ccc3ccccc32)c1)N1CCN(C(=O)c2ccco2)CC1. The van der Waals surface area contributed by atoms with E-state index in [-0.39, 0.29) is 11.8 Å². The van der Waals surface area contributed by atoms with E-state index in [9.17, 15) is 9.59 Å². The fourth-order valence-corrected chi connectivity index (χ4v) is 3.95. The smallest absolute Gasteiger partial charge is 0.289 e. The minimum absolute atomic E-state index is 0.0154. The maximum absolute atomic E-state index is 13.1. The van der Waals surface area contributed by atoms with E-state index in [0.717, 1.165) is 16.6 Å². The molecule has 6 heteroatoms. The fraction of sp³-hybridized carbons (Fsp3) is 0.167. The van der Waals surface area contributed by atoms with Crippen molar-refractivity contribution in [1.82, 2.24) is 14.4 Å². The van der Waals surface area contributed by atoms with Crippen LogP contribution in [-0.2, 0) is 0 Å². The van der Waals surface area contributed by atoms with Gasteiger partial charge in [-0.25, -0.2) is 0 Å². The summed E-state index contributed by atoms with van der Waals surface area (Å²) in [4.78, 5) is 29.0. The van der Waals surface area contributed by atoms with Gasteiger partial charge in [0.15, 0.2) is 5.76 Å². The monoisotopic (exact) mass is 399 g/mol. The Labute approximate surface area is 173 Å². The molecule has 4 aromatic rings. The molecule has 150 valence electrons. The van der Waals surface area contributed by atoms with Crippen LogP contribution in [0.3, 0.4) is 0 Å². The Bertz CT molecular complexity index is 1200. The van der Waals surface area contributed by atoms with Crippen LogP contribution < -0.4 is 0 Å². The number of benzene rings is 2. The Morgan fingerprint density at radius 2 is 1.53 bits per heavy atom. The molecule has 30 heavy (non-hydrogen) atoms. The number of hydrogen-bond donors (Lipinski definition) is 0. The predicted molar refractivity (Wildman–Crippen MR) is 114 cm³/mol. The lowest BCUT2D eigenvalue weighted by molar-refractivity contribution is 0.0518. The molecule has 0 radical (unpaired) electrons. The largest absolute Gasteiger partial charge is 0.459 e. The highest BCUT2D eigenvalue weighted by molar-refractivity contribution is 5.95. The lowest BCUT2D eigenvalue weighted by Crippen LogP contribution is -2.50. The summed E-state index contributed by atoms with van der Waals surface area (Å²) in [6.45, 7) is 1.99. The van der Waals surface area contributed by atoms with Gasteiger partial charge >= 0.3 is 0 Å². The Morgan fingerprint density at radius 1 is 0.767 bits per heavy atom. The van der Waals surface area contributed by atoms with Gasteiger partial charge in [0.05, 0.1) is 11.8 Å². The van der Waals surface area contributed by atoms with Crippen molar-refractivity contribution in [2.45, 2.75) is 0 Å². The van der Waals surface area contributed by atoms with Crippen LogP contribution in [0.25, 0.3) is 16.6 Å². The zero-order valence-corrected chi connectivity index (χ0v) is 16.4. The minimum Gasteiger partial charge on any atom is -0.459 e. The number of para-hydroxylation sites is 1. The van der Waals surface area contributed by atoms with Gasteiger partial charge in [-0.15, -0.1) is 0 Å². The molecule has 6 nitrogen and oxygen atoms in total. The third kappa shape index (κ3) is 3.26. The second kappa shape index (κ2) is 7.55. The van der Waals surface area contributed by atoms with Crippen molar-refractivity contribution in [3.63, 3.8) is 0 Å². The predicted octanol–water partition coefficient (Wildman–Crippen LogP) is 3.82. The summed E-state index contributed by atoms with van der Waals surface area (Å²) < 4.78 is 7.29. The Balaban J connectivity index is 1.31. The van der Waals surface area contributed by atoms with Crippen molar-refractivity contribution in [2.24, 2.45) is 0 Å². The van der Waals surface area contributed by atoms with Crippen LogP contribution in [0.2, 0.25) is 0 Å². The van der Waals surface area contributed by atoms with Gasteiger partial charge < -0.3 is 18.8 Å². The highest BCUT2D eigenvalue weighted by Crippen LogP contribution is 2.21. The molecule has 0 spiro atoms. The Hall–Kier alpha value is -3.80. The van der Waals surface area contributed by atoms with Crippen LogP contribution in [-0.4, -0.2) is 52.4 Å². The third-order valence-corrected chi connectivity index (χ3v) is 5.56. The molecule has 1 aliphatic rings. The summed E-state index contributed by atoms with van der Waals surface area (Å²) in [5.74, 6) is 0.188. The molecule has 0 aliphatic carbocycles. The zero-order chi connectivity index (χ0) is 20.5. The van der Waals surface area contributed by atoms with Crippen molar-refractivity contribution < 1.29 is 14.0 Å². The van der Waals surface area contributed by atoms with Crippen LogP contribution >= 0.6 is 0 Å². The summed E-state index contributed by atoms with van der Waals surface area (Å²) in [6, 6.07) is 21.3. The summed E-state index contributed by atoms with van der Waals surface area (Å²) in [5, 5.41) is 1.16. The van der Waals surface area contributed by atoms with Crippen LogP contribution in [0, 0.1) is 0 Å². The number of furan rings is 1. The molecule has 2 aromatic heterocycles. The van der Waals surface area contributed by atoms with Crippen LogP contribution in [0.5, 0.6) is 0 Å². The summed E-state index contributed by atoms with van der Waals surface area (Å²) in [5.41, 5.74) is 2.71. The first kappa shape index (κ1) is 18.2. The number of fused-ring (bicyclic) bond motifs is 1. The van der Waals surface area contributed by atoms with Gasteiger partial charge in [0, 0.05) is 43.6 Å². The van der Waals surface area contributed by atoms with E-state index in [0.29, 0.717) is 37.5 Å². The first-order valence-electron chi connectivity index (χ1n) is 9.99. The van der Waals surface area contributed by atoms with Crippen LogP contribution in [0.4, 0.5) is 0 Å². The molecule has 0 bridgehead atoms. The zero-order valence-electron chi connectivity index (χ0n) is 16.4. The highest BCUT2D eigenvalue weighted by atomic mass is 16.3. The van der Waals surface area contributed by atoms with E-state index in [1.165, 1.54) is 6.26 Å². The number of amides is 2. The number of piperazine rings is 1. The van der Waals surface area contributed by atoms with Crippen molar-refractivity contribution >= 4 is 22.7 Å². The Kier molecular flexibility index (Phi) is 4.59. The molecule has 0 atom stereocenters. The van der Waals surface area contributed by atoms with Crippen molar-refractivity contribution in [3.8, 4) is 5.69 Å². The van der Waals surface area contributed by atoms with E-state index in [2.05, 4.69) is 22.8 Å². The van der Waals surface area contributed by atoms with E-state index in [1.54, 1.807) is 21.9 Å². The molecular formula is C24H21N3O3. The molecule has 2 amide bonds. The van der Waals surface area contributed by atoms with E-state index in [4.69, 9.17) is 4.42 Å². The van der Waals surface area contributed by atoms with Gasteiger partial charge in [0.25, 0.3) is 11.8 Å². The van der Waals surface area contributed by atoms with Crippen LogP contribution in [0.15, 0.2) is 83.6 Å². The first-order valence-corrected chi connectivity index (χ1v) is 9.99. The number of carbonyl (C=O) groups is 2. The Morgan fingerprint density at radius 3 is 2.30 bits per heavy atom. The maximum Gasteiger partial charge on any atom is 0.289 e. The fourth-order valence-electron chi connectivity index (χ4n) is 3.95. The normalized spacial score (nSPS) is 14.3. The van der Waals surface area contributed by atoms with E-state index < -0.39 is 0 Å². The number of nitrogens with zero attached hydrogens (tertiary/aromatic N) is 3. The maximum atomic E-state index is 13.1. The molecule has 3 heterocycles. The van der Waals surface area contributed by atoms with Gasteiger partial charge in [-0.1, -0.05) is 24.3 Å². The molecule has 0 saturated carbocycles. The number of carbonyl (C=O) groups excluding carboxylic acids is 2. The second-order valence-electron chi connectivity index (χ2n) is 7.36. The van der Waals surface area contributed by atoms with Crippen molar-refractivity contribution in [2.75, 3.05) is 26.2 Å². The lowest BCUT2D eigenvalue weighted by Gasteiger charge is -2.34. The average Bonchev–Trinajstić information content (AvgIpc) is 3.49. The highest BCUT2D eigenvalue weighted by Gasteiger charge is 2.26. The number of hydrogen-bond acceptors (Lipinski definition) is 3. The number of aromatic nitrogens is 1. The first-order chi connectivity index (χ1) is 14.7. The summed E-state index contributed by atoms with van der Waals surface area (Å²) >= 11 is 0. The molecule has 5 rings (SSSR count). The van der Waals surface area contributed by atoms with Gasteiger partial charge in [0.2, 0.25) is 0 Å². The topological polar surface area (TPSA) is 58.7 Å². The van der Waals surface area contributed by atoms with Crippen molar-refractivity contribution in [1.29, 1.82) is 0 Å². The van der Waals surface area contributed by atoms with Gasteiger partial charge in [-0.2, -0.15) is 0 Å². The third-order valence-electron chi connectivity index (χ3n) is 5.56. The molecule has 0 N–H and O–H groups in total. The summed E-state index contributed by atoms with van der Waals surface area (Å²) in [6.07, 6.45) is 3.52. The average molecular weight is 399 g/mol. The second-order valence-corrected chi connectivity index (χ2v) is 7.36. The van der Waals surface area contributed by atoms with Gasteiger partial charge in [0.1, 0.15) is 0 Å². The molecule has 1 aliphatic heterocycles.